The Morgan fingerprint density at radius 2 is 1.69 bits per heavy atom. The zero-order valence-corrected chi connectivity index (χ0v) is 9.74. The van der Waals surface area contributed by atoms with Crippen LogP contribution in [0.25, 0.3) is 0 Å². The molecule has 0 unspecified atom stereocenters. The summed E-state index contributed by atoms with van der Waals surface area (Å²) in [5.74, 6) is 1.37. The van der Waals surface area contributed by atoms with Crippen LogP contribution >= 0.6 is 0 Å². The summed E-state index contributed by atoms with van der Waals surface area (Å²) in [4.78, 5) is 0. The predicted octanol–water partition coefficient (Wildman–Crippen LogP) is 1.92. The molecule has 0 aliphatic heterocycles. The van der Waals surface area contributed by atoms with Gasteiger partial charge in [-0.25, -0.2) is 0 Å². The second-order valence-corrected chi connectivity index (χ2v) is 3.24. The van der Waals surface area contributed by atoms with Crippen molar-refractivity contribution in [2.45, 2.75) is 13.0 Å². The van der Waals surface area contributed by atoms with E-state index in [1.54, 1.807) is 27.4 Å². The van der Waals surface area contributed by atoms with Crippen LogP contribution in [-0.2, 0) is 17.8 Å². The molecule has 4 heteroatoms. The molecule has 86 valence electrons. The van der Waals surface area contributed by atoms with E-state index in [2.05, 4.69) is 6.07 Å². The normalized spacial score (nSPS) is 9.62. The van der Waals surface area contributed by atoms with Gasteiger partial charge in [-0.3, -0.25) is 0 Å². The molecule has 0 aliphatic rings. The van der Waals surface area contributed by atoms with Crippen LogP contribution in [0.4, 0.5) is 0 Å². The summed E-state index contributed by atoms with van der Waals surface area (Å²) in [5, 5.41) is 8.72. The number of rotatable bonds is 5. The highest BCUT2D eigenvalue weighted by atomic mass is 16.5. The van der Waals surface area contributed by atoms with Crippen molar-refractivity contribution < 1.29 is 14.2 Å². The van der Waals surface area contributed by atoms with Gasteiger partial charge in [-0.2, -0.15) is 5.26 Å². The summed E-state index contributed by atoms with van der Waals surface area (Å²) >= 11 is 0. The molecule has 0 aliphatic carbocycles. The first kappa shape index (κ1) is 12.3. The van der Waals surface area contributed by atoms with Gasteiger partial charge in [-0.05, 0) is 6.07 Å². The van der Waals surface area contributed by atoms with E-state index in [0.717, 1.165) is 11.1 Å². The Morgan fingerprint density at radius 1 is 1.06 bits per heavy atom. The fourth-order valence-electron chi connectivity index (χ4n) is 1.53. The minimum atomic E-state index is 0.309. The number of hydrogen-bond donors (Lipinski definition) is 0. The average Bonchev–Trinajstić information content (AvgIpc) is 2.30. The first-order valence-corrected chi connectivity index (χ1v) is 4.86. The molecule has 1 rings (SSSR count). The van der Waals surface area contributed by atoms with Gasteiger partial charge in [0, 0.05) is 24.3 Å². The lowest BCUT2D eigenvalue weighted by molar-refractivity contribution is 0.181. The second kappa shape index (κ2) is 5.99. The molecule has 0 atom stereocenters. The van der Waals surface area contributed by atoms with Gasteiger partial charge in [0.15, 0.2) is 0 Å². The van der Waals surface area contributed by atoms with E-state index in [-0.39, 0.29) is 0 Å². The first-order valence-electron chi connectivity index (χ1n) is 4.86. The molecule has 0 aromatic heterocycles. The maximum atomic E-state index is 8.72. The van der Waals surface area contributed by atoms with Gasteiger partial charge in [0.25, 0.3) is 0 Å². The van der Waals surface area contributed by atoms with E-state index in [4.69, 9.17) is 19.5 Å². The minimum absolute atomic E-state index is 0.309. The lowest BCUT2D eigenvalue weighted by Crippen LogP contribution is -1.99. The number of benzene rings is 1. The number of nitrogens with zero attached hydrogens (tertiary/aromatic N) is 1. The molecule has 1 aromatic rings. The van der Waals surface area contributed by atoms with E-state index in [0.29, 0.717) is 24.5 Å². The largest absolute Gasteiger partial charge is 0.496 e. The van der Waals surface area contributed by atoms with Crippen molar-refractivity contribution >= 4 is 0 Å². The van der Waals surface area contributed by atoms with E-state index in [9.17, 15) is 0 Å². The molecule has 0 saturated heterocycles. The zero-order valence-electron chi connectivity index (χ0n) is 9.74. The van der Waals surface area contributed by atoms with Crippen LogP contribution in [0.1, 0.15) is 11.1 Å². The summed E-state index contributed by atoms with van der Waals surface area (Å²) in [6.07, 6.45) is 0.309. The Kier molecular flexibility index (Phi) is 4.62. The van der Waals surface area contributed by atoms with Crippen LogP contribution in [0.15, 0.2) is 12.1 Å². The highest BCUT2D eigenvalue weighted by molar-refractivity contribution is 5.47. The summed E-state index contributed by atoms with van der Waals surface area (Å²) in [6.45, 7) is 0.450. The standard InChI is InChI=1S/C12H15NO3/c1-14-8-10-6-9(4-5-13)11(15-2)7-12(10)16-3/h6-7H,4,8H2,1-3H3. The third-order valence-corrected chi connectivity index (χ3v) is 2.25. The zero-order chi connectivity index (χ0) is 12.0. The highest BCUT2D eigenvalue weighted by Crippen LogP contribution is 2.29. The van der Waals surface area contributed by atoms with Crippen molar-refractivity contribution in [1.29, 1.82) is 5.26 Å². The van der Waals surface area contributed by atoms with Crippen molar-refractivity contribution in [2.75, 3.05) is 21.3 Å². The summed E-state index contributed by atoms with van der Waals surface area (Å²) in [7, 11) is 4.79. The minimum Gasteiger partial charge on any atom is -0.496 e. The summed E-state index contributed by atoms with van der Waals surface area (Å²) in [6, 6.07) is 5.76. The molecule has 0 N–H and O–H groups in total. The molecule has 0 radical (unpaired) electrons. The Balaban J connectivity index is 3.18. The number of nitriles is 1. The second-order valence-electron chi connectivity index (χ2n) is 3.24. The van der Waals surface area contributed by atoms with Crippen molar-refractivity contribution in [3.05, 3.63) is 23.3 Å². The van der Waals surface area contributed by atoms with Gasteiger partial charge in [-0.15, -0.1) is 0 Å². The van der Waals surface area contributed by atoms with Crippen molar-refractivity contribution in [3.8, 4) is 17.6 Å². The fraction of sp³-hybridized carbons (Fsp3) is 0.417. The molecule has 0 spiro atoms. The van der Waals surface area contributed by atoms with Crippen LogP contribution < -0.4 is 9.47 Å². The molecule has 16 heavy (non-hydrogen) atoms. The van der Waals surface area contributed by atoms with Crippen LogP contribution in [0.5, 0.6) is 11.5 Å². The summed E-state index contributed by atoms with van der Waals surface area (Å²) < 4.78 is 15.5. The van der Waals surface area contributed by atoms with Gasteiger partial charge in [0.1, 0.15) is 11.5 Å². The Bertz CT molecular complexity index is 396. The van der Waals surface area contributed by atoms with Gasteiger partial charge in [0.05, 0.1) is 33.3 Å². The molecule has 4 nitrogen and oxygen atoms in total. The summed E-state index contributed by atoms with van der Waals surface area (Å²) in [5.41, 5.74) is 1.76. The monoisotopic (exact) mass is 221 g/mol. The van der Waals surface area contributed by atoms with E-state index >= 15 is 0 Å². The lowest BCUT2D eigenvalue weighted by atomic mass is 10.1. The molecular formula is C12H15NO3. The maximum absolute atomic E-state index is 8.72. The van der Waals surface area contributed by atoms with Gasteiger partial charge >= 0.3 is 0 Å². The van der Waals surface area contributed by atoms with Crippen LogP contribution in [0, 0.1) is 11.3 Å². The smallest absolute Gasteiger partial charge is 0.128 e. The molecular weight excluding hydrogens is 206 g/mol. The van der Waals surface area contributed by atoms with Crippen molar-refractivity contribution in [1.82, 2.24) is 0 Å². The fourth-order valence-corrected chi connectivity index (χ4v) is 1.53. The van der Waals surface area contributed by atoms with Crippen molar-refractivity contribution in [3.63, 3.8) is 0 Å². The molecule has 0 amide bonds. The average molecular weight is 221 g/mol. The molecule has 0 fully saturated rings. The third-order valence-electron chi connectivity index (χ3n) is 2.25. The van der Waals surface area contributed by atoms with Gasteiger partial charge in [-0.1, -0.05) is 0 Å². The predicted molar refractivity (Wildman–Crippen MR) is 59.6 cm³/mol. The third kappa shape index (κ3) is 2.65. The van der Waals surface area contributed by atoms with E-state index < -0.39 is 0 Å². The van der Waals surface area contributed by atoms with E-state index in [1.807, 2.05) is 6.07 Å². The van der Waals surface area contributed by atoms with Crippen LogP contribution in [-0.4, -0.2) is 21.3 Å². The van der Waals surface area contributed by atoms with Crippen molar-refractivity contribution in [2.24, 2.45) is 0 Å². The van der Waals surface area contributed by atoms with Crippen LogP contribution in [0.2, 0.25) is 0 Å². The Hall–Kier alpha value is -1.73. The quantitative estimate of drug-likeness (QED) is 0.762. The lowest BCUT2D eigenvalue weighted by Gasteiger charge is -2.13. The first-order chi connectivity index (χ1) is 7.76. The SMILES string of the molecule is COCc1cc(CC#N)c(OC)cc1OC. The van der Waals surface area contributed by atoms with Crippen LogP contribution in [0.3, 0.4) is 0 Å². The Morgan fingerprint density at radius 3 is 2.19 bits per heavy atom. The van der Waals surface area contributed by atoms with Gasteiger partial charge < -0.3 is 14.2 Å². The number of hydrogen-bond acceptors (Lipinski definition) is 4. The molecule has 0 heterocycles. The molecule has 0 bridgehead atoms. The maximum Gasteiger partial charge on any atom is 0.128 e. The molecule has 1 aromatic carbocycles. The molecule has 0 saturated carbocycles. The number of methoxy groups -OCH3 is 3. The highest BCUT2D eigenvalue weighted by Gasteiger charge is 2.10. The number of ether oxygens (including phenoxy) is 3. The van der Waals surface area contributed by atoms with Gasteiger partial charge in [0.2, 0.25) is 0 Å². The van der Waals surface area contributed by atoms with E-state index in [1.165, 1.54) is 0 Å². The Labute approximate surface area is 95.4 Å². The topological polar surface area (TPSA) is 51.5 Å².